The van der Waals surface area contributed by atoms with Gasteiger partial charge in [-0.3, -0.25) is 9.13 Å². The fourth-order valence-electron chi connectivity index (χ4n) is 20.7. The lowest BCUT2D eigenvalue weighted by atomic mass is 9.70. The number of benzene rings is 18. The number of hydrogen-bond donors (Lipinski definition) is 0. The first kappa shape index (κ1) is 67.9. The molecule has 562 valence electrons. The molecule has 26 rings (SSSR count). The molecule has 0 spiro atoms. The van der Waals surface area contributed by atoms with Crippen molar-refractivity contribution < 1.29 is 0 Å². The average molecular weight is 1530 g/mol. The molecule has 0 radical (unpaired) electrons. The van der Waals surface area contributed by atoms with Crippen molar-refractivity contribution in [2.75, 3.05) is 0 Å². The van der Waals surface area contributed by atoms with Crippen LogP contribution in [-0.2, 0) is 10.8 Å². The molecule has 8 heteroatoms. The van der Waals surface area contributed by atoms with Gasteiger partial charge in [-0.1, -0.05) is 295 Å². The maximum atomic E-state index is 5.50. The summed E-state index contributed by atoms with van der Waals surface area (Å²) < 4.78 is 9.37. The van der Waals surface area contributed by atoms with Gasteiger partial charge in [0.05, 0.1) is 66.6 Å². The predicted molar refractivity (Wildman–Crippen MR) is 500 cm³/mol. The Bertz CT molecular complexity index is 8540. The van der Waals surface area contributed by atoms with E-state index in [2.05, 4.69) is 422 Å². The van der Waals surface area contributed by atoms with E-state index in [1.54, 1.807) is 0 Å². The summed E-state index contributed by atoms with van der Waals surface area (Å²) >= 11 is 0. The summed E-state index contributed by atoms with van der Waals surface area (Å²) in [6.07, 6.45) is 0. The molecule has 6 aromatic heterocycles. The third kappa shape index (κ3) is 9.93. The molecule has 0 aliphatic heterocycles. The quantitative estimate of drug-likeness (QED) is 0.159. The van der Waals surface area contributed by atoms with Gasteiger partial charge in [0.25, 0.3) is 0 Å². The summed E-state index contributed by atoms with van der Waals surface area (Å²) in [7, 11) is 0. The molecule has 18 aromatic carbocycles. The number of aromatic nitrogens is 8. The second kappa shape index (κ2) is 25.6. The number of nitrogens with zero attached hydrogens (tertiary/aromatic N) is 8. The molecule has 0 atom stereocenters. The maximum absolute atomic E-state index is 5.50. The van der Waals surface area contributed by atoms with E-state index in [4.69, 9.17) is 19.9 Å². The lowest BCUT2D eigenvalue weighted by molar-refractivity contribution is 0.643. The highest BCUT2D eigenvalue weighted by Crippen LogP contribution is 2.52. The van der Waals surface area contributed by atoms with E-state index in [1.165, 1.54) is 164 Å². The summed E-state index contributed by atoms with van der Waals surface area (Å²) in [4.78, 5) is 21.8. The van der Waals surface area contributed by atoms with Gasteiger partial charge in [-0.2, -0.15) is 0 Å². The van der Waals surface area contributed by atoms with Gasteiger partial charge in [-0.05, 0) is 197 Å². The molecule has 2 aliphatic carbocycles. The third-order valence-corrected chi connectivity index (χ3v) is 26.4. The van der Waals surface area contributed by atoms with E-state index in [9.17, 15) is 0 Å². The average Bonchev–Trinajstić information content (AvgIpc) is 0.972. The number of para-hydroxylation sites is 2. The zero-order valence-corrected chi connectivity index (χ0v) is 66.4. The van der Waals surface area contributed by atoms with Gasteiger partial charge < -0.3 is 9.13 Å². The second-order valence-corrected chi connectivity index (χ2v) is 33.6. The van der Waals surface area contributed by atoms with Crippen molar-refractivity contribution in [1.29, 1.82) is 0 Å². The first-order valence-corrected chi connectivity index (χ1v) is 41.5. The van der Waals surface area contributed by atoms with E-state index >= 15 is 0 Å². The third-order valence-electron chi connectivity index (χ3n) is 26.4. The van der Waals surface area contributed by atoms with Crippen molar-refractivity contribution in [1.82, 2.24) is 38.2 Å². The standard InChI is InChI=1S/C57H38N4.C55H36N4/c1-57(2)46-19-10-8-18-43(46)55-54-47(57)20-12-21-48(54)58-56(59-55)61-51-31-27-39(34-45(51)53-41-16-7-6-15-37(41)25-32-52(53)61)38-26-30-50-44(33-38)42-17-9-11-22-49(42)60(50)40-28-23-36(24-29-40)35-13-4-3-5-14-35;1-55(2)44-18-9-7-17-41(44)53-52-45(55)19-11-20-46(52)56-54(57-53)59-49-28-25-37(32-43(49)51-39-15-6-5-13-34(39)23-29-50(51)59)36-24-27-48-42(31-36)40-16-8-10-21-47(40)58(48)38-26-22-33-12-3-4-14-35(33)30-38/h3-34H,1-2H3;3-32H,1-2H3. The summed E-state index contributed by atoms with van der Waals surface area (Å²) in [5.74, 6) is 1.37. The zero-order valence-electron chi connectivity index (χ0n) is 66.4. The fraction of sp³-hybridized carbons (Fsp3) is 0.0536. The topological polar surface area (TPSA) is 71.3 Å². The van der Waals surface area contributed by atoms with Crippen molar-refractivity contribution >= 4 is 141 Å². The summed E-state index contributed by atoms with van der Waals surface area (Å²) in [6.45, 7) is 9.25. The van der Waals surface area contributed by atoms with E-state index in [-0.39, 0.29) is 10.8 Å². The number of fused-ring (bicyclic) bond motifs is 21. The highest BCUT2D eigenvalue weighted by Gasteiger charge is 2.37. The Morgan fingerprint density at radius 3 is 1.05 bits per heavy atom. The van der Waals surface area contributed by atoms with Gasteiger partial charge >= 0.3 is 0 Å². The van der Waals surface area contributed by atoms with E-state index in [0.29, 0.717) is 11.9 Å². The Labute approximate surface area is 691 Å². The van der Waals surface area contributed by atoms with Crippen molar-refractivity contribution in [2.24, 2.45) is 0 Å². The maximum Gasteiger partial charge on any atom is 0.235 e. The second-order valence-electron chi connectivity index (χ2n) is 33.6. The molecule has 6 heterocycles. The molecule has 120 heavy (non-hydrogen) atoms. The Morgan fingerprint density at radius 2 is 0.550 bits per heavy atom. The molecule has 0 bridgehead atoms. The Balaban J connectivity index is 0.000000133. The molecule has 0 saturated heterocycles. The lowest BCUT2D eigenvalue weighted by Gasteiger charge is -2.34. The minimum atomic E-state index is -0.164. The minimum absolute atomic E-state index is 0.162. The summed E-state index contributed by atoms with van der Waals surface area (Å²) in [6, 6.07) is 137. The smallest absolute Gasteiger partial charge is 0.235 e. The monoisotopic (exact) mass is 1530 g/mol. The summed E-state index contributed by atoms with van der Waals surface area (Å²) in [5.41, 5.74) is 29.6. The van der Waals surface area contributed by atoms with Crippen LogP contribution in [0.2, 0.25) is 0 Å². The Hall–Kier alpha value is -15.4. The van der Waals surface area contributed by atoms with Crippen molar-refractivity contribution in [3.8, 4) is 79.2 Å². The molecule has 0 fully saturated rings. The molecule has 0 saturated carbocycles. The van der Waals surface area contributed by atoms with Crippen LogP contribution in [0.15, 0.2) is 376 Å². The Morgan fingerprint density at radius 1 is 0.200 bits per heavy atom. The van der Waals surface area contributed by atoms with Crippen LogP contribution in [0.25, 0.3) is 221 Å². The number of rotatable bonds is 7. The van der Waals surface area contributed by atoms with Crippen molar-refractivity contribution in [3.05, 3.63) is 398 Å². The molecular weight excluding hydrogens is 1460 g/mol. The van der Waals surface area contributed by atoms with Gasteiger partial charge in [0.1, 0.15) is 0 Å². The minimum Gasteiger partial charge on any atom is -0.309 e. The van der Waals surface area contributed by atoms with Gasteiger partial charge in [0.15, 0.2) is 0 Å². The largest absolute Gasteiger partial charge is 0.309 e. The van der Waals surface area contributed by atoms with Crippen LogP contribution in [0.3, 0.4) is 0 Å². The highest BCUT2D eigenvalue weighted by molar-refractivity contribution is 6.24. The molecular formula is C112H74N8. The molecule has 0 N–H and O–H groups in total. The molecule has 8 nitrogen and oxygen atoms in total. The van der Waals surface area contributed by atoms with Crippen LogP contribution in [0, 0.1) is 0 Å². The van der Waals surface area contributed by atoms with Gasteiger partial charge in [-0.25, -0.2) is 19.9 Å². The molecule has 24 aromatic rings. The molecule has 0 amide bonds. The molecule has 2 aliphatic rings. The van der Waals surface area contributed by atoms with Crippen molar-refractivity contribution in [2.45, 2.75) is 38.5 Å². The van der Waals surface area contributed by atoms with Crippen LogP contribution in [0.4, 0.5) is 0 Å². The highest BCUT2D eigenvalue weighted by atomic mass is 15.2. The SMILES string of the molecule is CC1(C)c2ccccc2-c2nc(-n3c4ccc(-c5ccc6c(c5)c5ccccc5n6-c5ccc(-c6ccccc6)cc5)cc4c4c5ccccc5ccc43)nc3cccc1c23.CC1(C)c2ccccc2-c2nc(-n3c4ccc(-c5ccc6c(c5)c5ccccc5n6-c5ccc6ccccc6c5)cc4c4c5ccccc5ccc43)nc3cccc1c23. The first-order valence-electron chi connectivity index (χ1n) is 41.5. The van der Waals surface area contributed by atoms with Gasteiger partial charge in [0, 0.05) is 87.2 Å². The number of hydrogen-bond acceptors (Lipinski definition) is 4. The normalized spacial score (nSPS) is 13.3. The van der Waals surface area contributed by atoms with Crippen LogP contribution in [-0.4, -0.2) is 38.2 Å². The van der Waals surface area contributed by atoms with Crippen LogP contribution >= 0.6 is 0 Å². The molecule has 0 unspecified atom stereocenters. The van der Waals surface area contributed by atoms with Crippen LogP contribution < -0.4 is 0 Å². The predicted octanol–water partition coefficient (Wildman–Crippen LogP) is 28.7. The van der Waals surface area contributed by atoms with Gasteiger partial charge in [0.2, 0.25) is 11.9 Å². The summed E-state index contributed by atoms with van der Waals surface area (Å²) in [5, 5.41) is 19.3. The van der Waals surface area contributed by atoms with E-state index < -0.39 is 0 Å². The fourth-order valence-corrected chi connectivity index (χ4v) is 20.7. The van der Waals surface area contributed by atoms with Crippen molar-refractivity contribution in [3.63, 3.8) is 0 Å². The zero-order chi connectivity index (χ0) is 79.4. The van der Waals surface area contributed by atoms with Crippen LogP contribution in [0.5, 0.6) is 0 Å². The lowest BCUT2D eigenvalue weighted by Crippen LogP contribution is -2.24. The van der Waals surface area contributed by atoms with E-state index in [0.717, 1.165) is 66.6 Å². The van der Waals surface area contributed by atoms with E-state index in [1.807, 2.05) is 0 Å². The Kier molecular flexibility index (Phi) is 14.5. The van der Waals surface area contributed by atoms with Gasteiger partial charge in [-0.15, -0.1) is 0 Å². The first-order chi connectivity index (χ1) is 59.0. The van der Waals surface area contributed by atoms with Crippen LogP contribution in [0.1, 0.15) is 49.9 Å².